The number of hydrogen-bond donors (Lipinski definition) is 2. The van der Waals surface area contributed by atoms with Crippen molar-refractivity contribution < 1.29 is 37.7 Å². The second-order valence-corrected chi connectivity index (χ2v) is 12.9. The zero-order valence-corrected chi connectivity index (χ0v) is 24.3. The van der Waals surface area contributed by atoms with Crippen LogP contribution in [0, 0.1) is 29.1 Å². The third-order valence-electron chi connectivity index (χ3n) is 8.96. The van der Waals surface area contributed by atoms with Crippen molar-refractivity contribution in [2.45, 2.75) is 95.9 Å². The van der Waals surface area contributed by atoms with E-state index in [1.54, 1.807) is 11.0 Å². The quantitative estimate of drug-likeness (QED) is 0.339. The van der Waals surface area contributed by atoms with Crippen LogP contribution in [-0.4, -0.2) is 45.4 Å². The van der Waals surface area contributed by atoms with Gasteiger partial charge in [-0.25, -0.2) is 9.78 Å². The lowest BCUT2D eigenvalue weighted by Gasteiger charge is -2.39. The van der Waals surface area contributed by atoms with Gasteiger partial charge in [-0.05, 0) is 88.7 Å². The molecule has 3 aliphatic rings. The Balaban J connectivity index is 1.42. The summed E-state index contributed by atoms with van der Waals surface area (Å²) in [6.45, 7) is 2.16. The molecule has 2 aromatic rings. The Morgan fingerprint density at radius 3 is 2.33 bits per heavy atom. The van der Waals surface area contributed by atoms with Crippen LogP contribution in [0.15, 0.2) is 24.4 Å². The second-order valence-electron chi connectivity index (χ2n) is 11.9. The Labute approximate surface area is 247 Å². The summed E-state index contributed by atoms with van der Waals surface area (Å²) in [4.78, 5) is 32.3. The maximum absolute atomic E-state index is 14.1. The van der Waals surface area contributed by atoms with Crippen molar-refractivity contribution in [1.29, 1.82) is 0 Å². The number of rotatable bonds is 6. The van der Waals surface area contributed by atoms with Crippen LogP contribution >= 0.6 is 11.3 Å². The van der Waals surface area contributed by atoms with Gasteiger partial charge in [-0.15, -0.1) is 11.3 Å². The smallest absolute Gasteiger partial charge is 0.405 e. The number of ether oxygens (including phenoxy) is 1. The van der Waals surface area contributed by atoms with E-state index in [0.717, 1.165) is 37.0 Å². The normalized spacial score (nSPS) is 25.4. The highest BCUT2D eigenvalue weighted by atomic mass is 32.1. The van der Waals surface area contributed by atoms with Crippen molar-refractivity contribution in [3.63, 3.8) is 0 Å². The molecule has 1 amide bonds. The van der Waals surface area contributed by atoms with Crippen LogP contribution < -0.4 is 9.64 Å². The van der Waals surface area contributed by atoms with Crippen molar-refractivity contribution in [1.82, 2.24) is 4.98 Å². The zero-order valence-electron chi connectivity index (χ0n) is 23.5. The topological polar surface area (TPSA) is 100.0 Å². The zero-order chi connectivity index (χ0) is 30.1. The minimum absolute atomic E-state index is 0.0348. The number of alkyl halides is 3. The first kappa shape index (κ1) is 30.2. The molecule has 226 valence electrons. The van der Waals surface area contributed by atoms with Crippen molar-refractivity contribution >= 4 is 28.9 Å². The number of anilines is 1. The average molecular weight is 605 g/mol. The highest BCUT2D eigenvalue weighted by Gasteiger charge is 2.57. The van der Waals surface area contributed by atoms with Gasteiger partial charge >= 0.3 is 12.1 Å². The molecule has 2 aromatic heterocycles. The lowest BCUT2D eigenvalue weighted by molar-refractivity contribution is -0.225. The minimum Gasteiger partial charge on any atom is -0.506 e. The summed E-state index contributed by atoms with van der Waals surface area (Å²) in [5.41, 5.74) is -1.83. The molecular weight excluding hydrogens is 569 g/mol. The number of thiophene rings is 1. The summed E-state index contributed by atoms with van der Waals surface area (Å²) in [6, 6.07) is 4.29. The van der Waals surface area contributed by atoms with Gasteiger partial charge < -0.3 is 19.8 Å². The molecule has 3 fully saturated rings. The van der Waals surface area contributed by atoms with Crippen LogP contribution in [0.1, 0.15) is 92.1 Å². The van der Waals surface area contributed by atoms with E-state index in [4.69, 9.17) is 4.74 Å². The number of nitrogens with zero attached hydrogens (tertiary/aromatic N) is 2. The number of aromatic carboxylic acids is 1. The number of amides is 1. The van der Waals surface area contributed by atoms with E-state index in [2.05, 4.69) is 23.7 Å². The second kappa shape index (κ2) is 12.2. The molecule has 42 heavy (non-hydrogen) atoms. The maximum Gasteiger partial charge on any atom is 0.405 e. The fourth-order valence-corrected chi connectivity index (χ4v) is 7.04. The standard InChI is InChI=1S/C31H35F3N2O5S/c1-19-3-5-20(6-4-19)28(38)36(21-7-10-23(11-8-21)41-26-12-9-22(37)18-35-26)25-17-24(42-27(25)29(39)40)13-16-30(14-2-15-30)31(32,33)34/h9,12,17-21,23,37H,2-8,10-11,14-15H2,1H3,(H,39,40). The fraction of sp³-hybridized carbons (Fsp3) is 0.581. The van der Waals surface area contributed by atoms with Crippen molar-refractivity contribution in [2.24, 2.45) is 17.3 Å². The van der Waals surface area contributed by atoms with Crippen molar-refractivity contribution in [3.05, 3.63) is 34.2 Å². The first-order valence-electron chi connectivity index (χ1n) is 14.6. The molecule has 0 saturated heterocycles. The Morgan fingerprint density at radius 2 is 1.79 bits per heavy atom. The lowest BCUT2D eigenvalue weighted by Crippen LogP contribution is -2.47. The summed E-state index contributed by atoms with van der Waals surface area (Å²) >= 11 is 0.826. The molecule has 0 bridgehead atoms. The van der Waals surface area contributed by atoms with Crippen LogP contribution in [-0.2, 0) is 4.79 Å². The number of carbonyl (C=O) groups is 2. The lowest BCUT2D eigenvalue weighted by atomic mass is 9.69. The van der Waals surface area contributed by atoms with Crippen LogP contribution in [0.3, 0.4) is 0 Å². The number of aromatic nitrogens is 1. The van der Waals surface area contributed by atoms with Gasteiger partial charge in [0.05, 0.1) is 16.8 Å². The Morgan fingerprint density at radius 1 is 1.10 bits per heavy atom. The molecule has 2 N–H and O–H groups in total. The number of aromatic hydroxyl groups is 1. The largest absolute Gasteiger partial charge is 0.506 e. The van der Waals surface area contributed by atoms with E-state index < -0.39 is 17.6 Å². The maximum atomic E-state index is 14.1. The van der Waals surface area contributed by atoms with Crippen LogP contribution in [0.4, 0.5) is 18.9 Å². The van der Waals surface area contributed by atoms with Gasteiger partial charge in [0.1, 0.15) is 22.1 Å². The Kier molecular flexibility index (Phi) is 8.74. The SMILES string of the molecule is CC1CCC(C(=O)N(c2cc(C#CC3(C(F)(F)F)CCC3)sc2C(=O)O)C2CCC(Oc3ccc(O)cn3)CC2)CC1. The van der Waals surface area contributed by atoms with Gasteiger partial charge in [0.25, 0.3) is 0 Å². The number of carboxylic acids is 1. The highest BCUT2D eigenvalue weighted by Crippen LogP contribution is 2.52. The van der Waals surface area contributed by atoms with Crippen LogP contribution in [0.25, 0.3) is 0 Å². The van der Waals surface area contributed by atoms with Gasteiger partial charge in [0.15, 0.2) is 0 Å². The number of pyridine rings is 1. The van der Waals surface area contributed by atoms with Gasteiger partial charge in [-0.2, -0.15) is 13.2 Å². The van der Waals surface area contributed by atoms with Crippen LogP contribution in [0.5, 0.6) is 11.6 Å². The first-order chi connectivity index (χ1) is 20.0. The molecule has 0 aliphatic heterocycles. The van der Waals surface area contributed by atoms with Crippen molar-refractivity contribution in [3.8, 4) is 23.5 Å². The average Bonchev–Trinajstić information content (AvgIpc) is 3.34. The predicted octanol–water partition coefficient (Wildman–Crippen LogP) is 7.18. The van der Waals surface area contributed by atoms with Crippen molar-refractivity contribution in [2.75, 3.05) is 4.90 Å². The predicted molar refractivity (Wildman–Crippen MR) is 152 cm³/mol. The Bertz CT molecular complexity index is 1340. The summed E-state index contributed by atoms with van der Waals surface area (Å²) in [6.07, 6.45) is 2.59. The van der Waals surface area contributed by atoms with E-state index in [-0.39, 0.29) is 58.0 Å². The molecule has 0 atom stereocenters. The summed E-state index contributed by atoms with van der Waals surface area (Å²) in [7, 11) is 0. The van der Waals surface area contributed by atoms with E-state index in [9.17, 15) is 33.0 Å². The first-order valence-corrected chi connectivity index (χ1v) is 15.4. The highest BCUT2D eigenvalue weighted by molar-refractivity contribution is 7.15. The van der Waals surface area contributed by atoms with Gasteiger partial charge in [-0.1, -0.05) is 18.8 Å². The van der Waals surface area contributed by atoms with Gasteiger partial charge in [0.2, 0.25) is 11.8 Å². The summed E-state index contributed by atoms with van der Waals surface area (Å²) < 4.78 is 47.1. The van der Waals surface area contributed by atoms with Crippen LogP contribution in [0.2, 0.25) is 0 Å². The molecule has 7 nitrogen and oxygen atoms in total. The van der Waals surface area contributed by atoms with Gasteiger partial charge in [-0.3, -0.25) is 4.79 Å². The summed E-state index contributed by atoms with van der Waals surface area (Å²) in [5, 5.41) is 19.6. The monoisotopic (exact) mass is 604 g/mol. The molecule has 5 rings (SSSR count). The molecule has 3 aliphatic carbocycles. The minimum atomic E-state index is -4.45. The molecule has 0 radical (unpaired) electrons. The molecule has 2 heterocycles. The number of carboxylic acid groups (broad SMARTS) is 1. The Hall–Kier alpha value is -3.26. The third-order valence-corrected chi connectivity index (χ3v) is 9.99. The summed E-state index contributed by atoms with van der Waals surface area (Å²) in [5.74, 6) is 4.39. The number of hydrogen-bond acceptors (Lipinski definition) is 6. The number of carbonyl (C=O) groups excluding carboxylic acids is 1. The van der Waals surface area contributed by atoms with E-state index >= 15 is 0 Å². The molecular formula is C31H35F3N2O5S. The molecule has 0 aromatic carbocycles. The molecule has 11 heteroatoms. The molecule has 0 spiro atoms. The van der Waals surface area contributed by atoms with E-state index in [0.29, 0.717) is 43.9 Å². The molecule has 3 saturated carbocycles. The molecule has 0 unspecified atom stereocenters. The van der Waals surface area contributed by atoms with Gasteiger partial charge in [0, 0.05) is 18.0 Å². The fourth-order valence-electron chi connectivity index (χ4n) is 6.20. The van der Waals surface area contributed by atoms with E-state index in [1.165, 1.54) is 18.3 Å². The third kappa shape index (κ3) is 6.38. The number of halogens is 3. The van der Waals surface area contributed by atoms with E-state index in [1.807, 2.05) is 0 Å².